The van der Waals surface area contributed by atoms with Crippen LogP contribution in [-0.2, 0) is 21.2 Å². The first-order chi connectivity index (χ1) is 15.1. The van der Waals surface area contributed by atoms with Crippen LogP contribution in [0, 0.1) is 10.5 Å². The van der Waals surface area contributed by atoms with E-state index in [1.54, 1.807) is 29.7 Å². The molecule has 0 aliphatic rings. The lowest BCUT2D eigenvalue weighted by atomic mass is 10.2. The van der Waals surface area contributed by atoms with Gasteiger partial charge in [-0.3, -0.25) is 9.36 Å². The van der Waals surface area contributed by atoms with Gasteiger partial charge in [0.2, 0.25) is 10.0 Å². The molecule has 0 unspecified atom stereocenters. The summed E-state index contributed by atoms with van der Waals surface area (Å²) in [7, 11) is -3.81. The number of aryl methyl sites for hydroxylation is 1. The number of nitrogens with two attached hydrogens (primary N) is 1. The third-order valence-corrected chi connectivity index (χ3v) is 7.93. The standard InChI is InChI=1S/C21H19IN4O4S2/c1-13-24-10-11-25(13)20-8-7-19(31-20)18-12-16(22)17(6-9-21(27)28)26(18)14-2-4-15(5-3-14)32(23,29)30/h2-5,7-8,10-12H,6,9H2,1H3,(H,27,28)(H2,23,29,30). The third-order valence-electron chi connectivity index (χ3n) is 4.96. The molecule has 0 amide bonds. The van der Waals surface area contributed by atoms with E-state index in [9.17, 15) is 18.3 Å². The number of aliphatic carboxylic acids is 1. The van der Waals surface area contributed by atoms with Crippen molar-refractivity contribution in [1.82, 2.24) is 14.1 Å². The van der Waals surface area contributed by atoms with Gasteiger partial charge in [0, 0.05) is 27.3 Å². The Morgan fingerprint density at radius 1 is 1.22 bits per heavy atom. The number of primary sulfonamides is 1. The average Bonchev–Trinajstić information content (AvgIpc) is 3.44. The molecule has 3 aromatic heterocycles. The Hall–Kier alpha value is -2.48. The van der Waals surface area contributed by atoms with Gasteiger partial charge in [-0.25, -0.2) is 18.5 Å². The van der Waals surface area contributed by atoms with Gasteiger partial charge >= 0.3 is 5.97 Å². The number of carbonyl (C=O) groups is 1. The number of aromatic nitrogens is 3. The van der Waals surface area contributed by atoms with Crippen LogP contribution in [0.4, 0.5) is 0 Å². The largest absolute Gasteiger partial charge is 0.481 e. The van der Waals surface area contributed by atoms with E-state index in [1.165, 1.54) is 12.1 Å². The number of rotatable bonds is 7. The predicted molar refractivity (Wildman–Crippen MR) is 131 cm³/mol. The van der Waals surface area contributed by atoms with E-state index >= 15 is 0 Å². The number of imidazole rings is 1. The molecule has 11 heteroatoms. The number of carboxylic acid groups (broad SMARTS) is 1. The number of benzene rings is 1. The van der Waals surface area contributed by atoms with Gasteiger partial charge in [-0.05, 0) is 78.4 Å². The highest BCUT2D eigenvalue weighted by molar-refractivity contribution is 14.1. The second-order valence-corrected chi connectivity index (χ2v) is 10.9. The highest BCUT2D eigenvalue weighted by atomic mass is 127. The Morgan fingerprint density at radius 2 is 1.94 bits per heavy atom. The molecule has 0 aliphatic heterocycles. The summed E-state index contributed by atoms with van der Waals surface area (Å²) >= 11 is 3.80. The minimum Gasteiger partial charge on any atom is -0.481 e. The molecule has 0 aliphatic carbocycles. The van der Waals surface area contributed by atoms with Crippen LogP contribution >= 0.6 is 33.9 Å². The maximum absolute atomic E-state index is 11.7. The molecule has 0 fully saturated rings. The van der Waals surface area contributed by atoms with Gasteiger partial charge in [-0.1, -0.05) is 0 Å². The Labute approximate surface area is 202 Å². The number of halogens is 1. The average molecular weight is 582 g/mol. The van der Waals surface area contributed by atoms with Crippen LogP contribution in [0.1, 0.15) is 17.9 Å². The summed E-state index contributed by atoms with van der Waals surface area (Å²) in [6.45, 7) is 1.93. The molecular formula is C21H19IN4O4S2. The number of sulfonamides is 1. The molecule has 8 nitrogen and oxygen atoms in total. The fraction of sp³-hybridized carbons (Fsp3) is 0.143. The molecular weight excluding hydrogens is 563 g/mol. The highest BCUT2D eigenvalue weighted by Crippen LogP contribution is 2.36. The third kappa shape index (κ3) is 4.51. The smallest absolute Gasteiger partial charge is 0.303 e. The van der Waals surface area contributed by atoms with E-state index in [1.807, 2.05) is 40.5 Å². The van der Waals surface area contributed by atoms with E-state index in [-0.39, 0.29) is 11.3 Å². The van der Waals surface area contributed by atoms with Gasteiger partial charge in [0.1, 0.15) is 10.8 Å². The predicted octanol–water partition coefficient (Wildman–Crippen LogP) is 3.97. The van der Waals surface area contributed by atoms with E-state index in [0.29, 0.717) is 6.42 Å². The van der Waals surface area contributed by atoms with Gasteiger partial charge in [0.15, 0.2) is 0 Å². The SMILES string of the molecule is Cc1nccn1-c1ccc(-c2cc(I)c(CCC(=O)O)n2-c2ccc(S(N)(=O)=O)cc2)s1. The lowest BCUT2D eigenvalue weighted by Gasteiger charge is -2.14. The quantitative estimate of drug-likeness (QED) is 0.320. The number of hydrogen-bond acceptors (Lipinski definition) is 5. The van der Waals surface area contributed by atoms with Crippen molar-refractivity contribution in [2.24, 2.45) is 5.14 Å². The number of hydrogen-bond donors (Lipinski definition) is 2. The lowest BCUT2D eigenvalue weighted by Crippen LogP contribution is -2.12. The summed E-state index contributed by atoms with van der Waals surface area (Å²) in [5.41, 5.74) is 2.47. The van der Waals surface area contributed by atoms with Crippen molar-refractivity contribution in [2.45, 2.75) is 24.7 Å². The first-order valence-corrected chi connectivity index (χ1v) is 12.9. The molecule has 32 heavy (non-hydrogen) atoms. The molecule has 166 valence electrons. The van der Waals surface area contributed by atoms with Crippen LogP contribution in [-0.4, -0.2) is 33.6 Å². The zero-order valence-corrected chi connectivity index (χ0v) is 20.7. The molecule has 0 saturated heterocycles. The van der Waals surface area contributed by atoms with Gasteiger partial charge in [0.25, 0.3) is 0 Å². The molecule has 0 saturated carbocycles. The molecule has 4 aromatic rings. The second-order valence-electron chi connectivity index (χ2n) is 7.07. The van der Waals surface area contributed by atoms with E-state index in [4.69, 9.17) is 5.14 Å². The first kappa shape index (κ1) is 22.7. The summed E-state index contributed by atoms with van der Waals surface area (Å²) in [4.78, 5) is 16.5. The maximum atomic E-state index is 11.7. The summed E-state index contributed by atoms with van der Waals surface area (Å²) < 4.78 is 28.2. The van der Waals surface area contributed by atoms with Crippen LogP contribution in [0.15, 0.2) is 59.8 Å². The fourth-order valence-corrected chi connectivity index (χ4v) is 5.81. The summed E-state index contributed by atoms with van der Waals surface area (Å²) in [5.74, 6) is -0.00207. The summed E-state index contributed by atoms with van der Waals surface area (Å²) in [6.07, 6.45) is 3.97. The molecule has 0 spiro atoms. The Morgan fingerprint density at radius 3 is 2.53 bits per heavy atom. The van der Waals surface area contributed by atoms with E-state index in [0.717, 1.165) is 36.3 Å². The van der Waals surface area contributed by atoms with Crippen molar-refractivity contribution in [3.8, 4) is 21.3 Å². The molecule has 3 N–H and O–H groups in total. The van der Waals surface area contributed by atoms with Crippen LogP contribution in [0.25, 0.3) is 21.3 Å². The second kappa shape index (κ2) is 8.81. The van der Waals surface area contributed by atoms with E-state index in [2.05, 4.69) is 27.6 Å². The maximum Gasteiger partial charge on any atom is 0.303 e. The van der Waals surface area contributed by atoms with Crippen LogP contribution < -0.4 is 5.14 Å². The van der Waals surface area contributed by atoms with Gasteiger partial charge in [-0.2, -0.15) is 0 Å². The molecule has 0 radical (unpaired) electrons. The van der Waals surface area contributed by atoms with Crippen molar-refractivity contribution in [3.63, 3.8) is 0 Å². The molecule has 0 atom stereocenters. The van der Waals surface area contributed by atoms with Crippen LogP contribution in [0.3, 0.4) is 0 Å². The van der Waals surface area contributed by atoms with Crippen LogP contribution in [0.2, 0.25) is 0 Å². The van der Waals surface area contributed by atoms with Gasteiger partial charge in [-0.15, -0.1) is 11.3 Å². The summed E-state index contributed by atoms with van der Waals surface area (Å²) in [5, 5.41) is 15.5. The van der Waals surface area contributed by atoms with Crippen molar-refractivity contribution in [3.05, 3.63) is 69.9 Å². The topological polar surface area (TPSA) is 120 Å². The van der Waals surface area contributed by atoms with Crippen LogP contribution in [0.5, 0.6) is 0 Å². The Bertz CT molecular complexity index is 1400. The van der Waals surface area contributed by atoms with Gasteiger partial charge in [0.05, 0.1) is 21.9 Å². The van der Waals surface area contributed by atoms with E-state index < -0.39 is 16.0 Å². The highest BCUT2D eigenvalue weighted by Gasteiger charge is 2.20. The monoisotopic (exact) mass is 582 g/mol. The summed E-state index contributed by atoms with van der Waals surface area (Å²) in [6, 6.07) is 12.3. The number of nitrogens with zero attached hydrogens (tertiary/aromatic N) is 3. The van der Waals surface area contributed by atoms with Crippen molar-refractivity contribution in [1.29, 1.82) is 0 Å². The number of thiophene rings is 1. The minimum absolute atomic E-state index is 0.0152. The van der Waals surface area contributed by atoms with Crippen molar-refractivity contribution < 1.29 is 18.3 Å². The Kier molecular flexibility index (Phi) is 6.25. The fourth-order valence-electron chi connectivity index (χ4n) is 3.44. The van der Waals surface area contributed by atoms with Crippen molar-refractivity contribution in [2.75, 3.05) is 0 Å². The number of carboxylic acids is 1. The van der Waals surface area contributed by atoms with Gasteiger partial charge < -0.3 is 9.67 Å². The zero-order valence-electron chi connectivity index (χ0n) is 16.9. The van der Waals surface area contributed by atoms with Crippen molar-refractivity contribution >= 4 is 49.9 Å². The lowest BCUT2D eigenvalue weighted by molar-refractivity contribution is -0.136. The molecule has 4 rings (SSSR count). The molecule has 1 aromatic carbocycles. The normalized spacial score (nSPS) is 11.7. The zero-order chi connectivity index (χ0) is 23.0. The minimum atomic E-state index is -3.81. The molecule has 3 heterocycles. The first-order valence-electron chi connectivity index (χ1n) is 9.51. The Balaban J connectivity index is 1.85. The molecule has 0 bridgehead atoms.